The van der Waals surface area contributed by atoms with Gasteiger partial charge in [-0.05, 0) is 100 Å². The Morgan fingerprint density at radius 2 is 1.04 bits per heavy atom. The summed E-state index contributed by atoms with van der Waals surface area (Å²) >= 11 is 0. The number of hydrogen-bond donors (Lipinski definition) is 0. The van der Waals surface area contributed by atoms with Gasteiger partial charge in [0.05, 0.1) is 38.6 Å². The van der Waals surface area contributed by atoms with Gasteiger partial charge in [0, 0.05) is 72.1 Å². The molecule has 0 N–H and O–H groups in total. The lowest BCUT2D eigenvalue weighted by atomic mass is 9.65. The van der Waals surface area contributed by atoms with Crippen molar-refractivity contribution in [3.63, 3.8) is 0 Å². The maximum absolute atomic E-state index is 5.68. The minimum Gasteiger partial charge on any atom is -0.309 e. The summed E-state index contributed by atoms with van der Waals surface area (Å²) in [6, 6.07) is 77.4. The third-order valence-corrected chi connectivity index (χ3v) is 15.6. The van der Waals surface area contributed by atoms with Crippen molar-refractivity contribution in [2.45, 2.75) is 5.92 Å². The Morgan fingerprint density at radius 3 is 1.82 bits per heavy atom. The molecule has 5 nitrogen and oxygen atoms in total. The van der Waals surface area contributed by atoms with Crippen molar-refractivity contribution in [2.75, 3.05) is 0 Å². The quantitative estimate of drug-likeness (QED) is 0.177. The molecule has 0 saturated heterocycles. The molecule has 3 aliphatic rings. The normalized spacial score (nSPS) is 15.7. The Labute approximate surface area is 408 Å². The molecule has 0 fully saturated rings. The SMILES string of the molecule is C1=CC2=c3c(c4ccccc4n3-c3ccc4ccccc4c3)=C3c4c(n(-c5nc(-c6ccc(-n7c8ccccc8c8ccccc87)cc6)nc6ccccc56)c5ccccc45)-c4ccccc4C3C2C=C1. The zero-order valence-electron chi connectivity index (χ0n) is 38.4. The molecule has 3 aliphatic carbocycles. The van der Waals surface area contributed by atoms with Gasteiger partial charge in [-0.3, -0.25) is 4.57 Å². The van der Waals surface area contributed by atoms with Crippen molar-refractivity contribution < 1.29 is 0 Å². The maximum atomic E-state index is 5.68. The lowest BCUT2D eigenvalue weighted by Crippen LogP contribution is -2.42. The van der Waals surface area contributed by atoms with E-state index in [4.69, 9.17) is 9.97 Å². The van der Waals surface area contributed by atoms with E-state index >= 15 is 0 Å². The maximum Gasteiger partial charge on any atom is 0.162 e. The summed E-state index contributed by atoms with van der Waals surface area (Å²) in [5.41, 5.74) is 16.5. The van der Waals surface area contributed by atoms with Crippen molar-refractivity contribution in [1.29, 1.82) is 0 Å². The van der Waals surface area contributed by atoms with E-state index in [1.807, 2.05) is 0 Å². The van der Waals surface area contributed by atoms with E-state index < -0.39 is 0 Å². The van der Waals surface area contributed by atoms with Gasteiger partial charge >= 0.3 is 0 Å². The summed E-state index contributed by atoms with van der Waals surface area (Å²) < 4.78 is 7.37. The van der Waals surface area contributed by atoms with Crippen LogP contribution in [0.4, 0.5) is 0 Å². The molecule has 330 valence electrons. The largest absolute Gasteiger partial charge is 0.309 e. The third kappa shape index (κ3) is 5.35. The summed E-state index contributed by atoms with van der Waals surface area (Å²) in [6.07, 6.45) is 9.31. The fourth-order valence-corrected chi connectivity index (χ4v) is 12.7. The molecule has 2 unspecified atom stereocenters. The minimum absolute atomic E-state index is 0.0725. The van der Waals surface area contributed by atoms with E-state index in [1.165, 1.54) is 87.3 Å². The molecule has 0 spiro atoms. The number of nitrogens with zero attached hydrogens (tertiary/aromatic N) is 5. The fraction of sp³-hybridized carbons (Fsp3) is 0.0303. The molecule has 2 atom stereocenters. The Kier molecular flexibility index (Phi) is 7.94. The summed E-state index contributed by atoms with van der Waals surface area (Å²) in [6.45, 7) is 0. The molecule has 0 radical (unpaired) electrons. The molecule has 9 aromatic carbocycles. The van der Waals surface area contributed by atoms with Crippen LogP contribution in [-0.4, -0.2) is 23.7 Å². The van der Waals surface area contributed by atoms with Gasteiger partial charge in [0.1, 0.15) is 5.82 Å². The predicted molar refractivity (Wildman–Crippen MR) is 292 cm³/mol. The number of benzene rings is 9. The van der Waals surface area contributed by atoms with Gasteiger partial charge in [-0.1, -0.05) is 164 Å². The van der Waals surface area contributed by atoms with E-state index in [0.717, 1.165) is 44.9 Å². The molecule has 4 aromatic heterocycles. The first-order valence-corrected chi connectivity index (χ1v) is 24.6. The molecule has 71 heavy (non-hydrogen) atoms. The van der Waals surface area contributed by atoms with Crippen LogP contribution in [0.25, 0.3) is 116 Å². The van der Waals surface area contributed by atoms with Crippen LogP contribution in [0.2, 0.25) is 0 Å². The molecule has 0 aliphatic heterocycles. The zero-order chi connectivity index (χ0) is 46.3. The lowest BCUT2D eigenvalue weighted by Gasteiger charge is -2.38. The van der Waals surface area contributed by atoms with E-state index in [2.05, 4.69) is 250 Å². The summed E-state index contributed by atoms with van der Waals surface area (Å²) in [4.78, 5) is 11.0. The van der Waals surface area contributed by atoms with Crippen LogP contribution in [0, 0.1) is 5.92 Å². The Balaban J connectivity index is 0.990. The van der Waals surface area contributed by atoms with Gasteiger partial charge in [-0.25, -0.2) is 9.97 Å². The van der Waals surface area contributed by atoms with Crippen LogP contribution in [0.15, 0.2) is 237 Å². The van der Waals surface area contributed by atoms with E-state index in [9.17, 15) is 0 Å². The number of hydrogen-bond acceptors (Lipinski definition) is 2. The molecule has 5 heteroatoms. The Bertz CT molecular complexity index is 4600. The Morgan fingerprint density at radius 1 is 0.437 bits per heavy atom. The predicted octanol–water partition coefficient (Wildman–Crippen LogP) is 14.3. The van der Waals surface area contributed by atoms with E-state index in [0.29, 0.717) is 5.82 Å². The highest BCUT2D eigenvalue weighted by Crippen LogP contribution is 2.56. The van der Waals surface area contributed by atoms with Gasteiger partial charge in [0.15, 0.2) is 5.82 Å². The second-order valence-corrected chi connectivity index (χ2v) is 19.2. The third-order valence-electron chi connectivity index (χ3n) is 15.6. The number of allylic oxidation sites excluding steroid dienone is 4. The lowest BCUT2D eigenvalue weighted by molar-refractivity contribution is 0.715. The van der Waals surface area contributed by atoms with Crippen LogP contribution in [0.1, 0.15) is 17.0 Å². The minimum atomic E-state index is 0.0725. The number of fused-ring (bicyclic) bond motifs is 18. The van der Waals surface area contributed by atoms with E-state index in [1.54, 1.807) is 0 Å². The monoisotopic (exact) mass is 903 g/mol. The van der Waals surface area contributed by atoms with Gasteiger partial charge in [0.2, 0.25) is 0 Å². The zero-order valence-corrected chi connectivity index (χ0v) is 38.4. The van der Waals surface area contributed by atoms with Crippen LogP contribution in [0.3, 0.4) is 0 Å². The average molecular weight is 904 g/mol. The van der Waals surface area contributed by atoms with Crippen molar-refractivity contribution in [3.05, 3.63) is 258 Å². The van der Waals surface area contributed by atoms with Crippen molar-refractivity contribution in [1.82, 2.24) is 23.7 Å². The summed E-state index contributed by atoms with van der Waals surface area (Å²) in [5.74, 6) is 1.74. The topological polar surface area (TPSA) is 40.6 Å². The molecule has 13 aromatic rings. The first kappa shape index (κ1) is 38.6. The highest BCUT2D eigenvalue weighted by atomic mass is 15.1. The van der Waals surface area contributed by atoms with E-state index in [-0.39, 0.29) is 11.8 Å². The van der Waals surface area contributed by atoms with Crippen molar-refractivity contribution in [2.24, 2.45) is 5.92 Å². The first-order valence-electron chi connectivity index (χ1n) is 24.6. The van der Waals surface area contributed by atoms with Crippen LogP contribution < -0.4 is 10.6 Å². The highest BCUT2D eigenvalue weighted by Gasteiger charge is 2.42. The number of rotatable bonds is 4. The standard InChI is InChI=1S/C66H41N5/c1-2-18-42-39-44(38-33-40(42)17-1)70-57-31-15-10-26-52(57)60-62-59(47-21-3-5-23-49(47)63(60)70)48-22-4-6-24-50(48)64-61(62)53-27-11-16-32-58(53)71(64)66-51-25-7-12-28-54(51)67-65(68-66)41-34-36-43(37-35-41)69-55-29-13-8-19-45(55)46-20-9-14-30-56(46)69/h1-39,47,59H. The van der Waals surface area contributed by atoms with Crippen molar-refractivity contribution in [3.8, 4) is 39.8 Å². The van der Waals surface area contributed by atoms with Crippen LogP contribution in [0.5, 0.6) is 0 Å². The second kappa shape index (κ2) is 14.6. The highest BCUT2D eigenvalue weighted by molar-refractivity contribution is 6.11. The second-order valence-electron chi connectivity index (χ2n) is 19.2. The van der Waals surface area contributed by atoms with Gasteiger partial charge in [-0.2, -0.15) is 0 Å². The molecule has 4 heterocycles. The molecule has 0 saturated carbocycles. The molecular formula is C66H41N5. The van der Waals surface area contributed by atoms with Crippen LogP contribution in [-0.2, 0) is 0 Å². The van der Waals surface area contributed by atoms with Crippen LogP contribution >= 0.6 is 0 Å². The number of para-hydroxylation sites is 5. The summed E-state index contributed by atoms with van der Waals surface area (Å²) in [5, 5.41) is 11.0. The number of aromatic nitrogens is 5. The van der Waals surface area contributed by atoms with Gasteiger partial charge in [0.25, 0.3) is 0 Å². The fourth-order valence-electron chi connectivity index (χ4n) is 12.7. The smallest absolute Gasteiger partial charge is 0.162 e. The average Bonchev–Trinajstić information content (AvgIpc) is 4.10. The first-order chi connectivity index (χ1) is 35.3. The van der Waals surface area contributed by atoms with Crippen molar-refractivity contribution >= 4 is 76.4 Å². The Hall–Kier alpha value is -9.32. The molecular weight excluding hydrogens is 863 g/mol. The van der Waals surface area contributed by atoms with Gasteiger partial charge in [-0.15, -0.1) is 0 Å². The van der Waals surface area contributed by atoms with Gasteiger partial charge < -0.3 is 9.13 Å². The summed E-state index contributed by atoms with van der Waals surface area (Å²) in [7, 11) is 0. The molecule has 16 rings (SSSR count). The molecule has 0 bridgehead atoms. The molecule has 0 amide bonds.